The fraction of sp³-hybridized carbons (Fsp3) is 0.312. The van der Waals surface area contributed by atoms with Gasteiger partial charge in [0.25, 0.3) is 5.56 Å². The number of nitrogens with zero attached hydrogens (tertiary/aromatic N) is 1. The van der Waals surface area contributed by atoms with Crippen molar-refractivity contribution < 1.29 is 0 Å². The van der Waals surface area contributed by atoms with Crippen LogP contribution in [0, 0.1) is 10.8 Å². The molecular formula is C16H18N2O2. The third kappa shape index (κ3) is 3.20. The summed E-state index contributed by atoms with van der Waals surface area (Å²) in [5, 5.41) is 3.03. The number of nitroso groups, excluding NO2 is 1. The summed E-state index contributed by atoms with van der Waals surface area (Å²) in [6.45, 7) is 4.24. The van der Waals surface area contributed by atoms with Gasteiger partial charge in [0.15, 0.2) is 0 Å². The van der Waals surface area contributed by atoms with Crippen LogP contribution < -0.4 is 5.56 Å². The highest BCUT2D eigenvalue weighted by molar-refractivity contribution is 5.74. The van der Waals surface area contributed by atoms with Crippen LogP contribution in [0.2, 0.25) is 0 Å². The Bertz CT molecular complexity index is 645. The van der Waals surface area contributed by atoms with Crippen LogP contribution in [0.25, 0.3) is 11.1 Å². The second-order valence-electron chi connectivity index (χ2n) is 5.27. The Morgan fingerprint density at radius 1 is 1.20 bits per heavy atom. The highest BCUT2D eigenvalue weighted by Gasteiger charge is 2.12. The number of nitrogens with one attached hydrogen (secondary N) is 1. The third-order valence-electron chi connectivity index (χ3n) is 3.22. The molecule has 0 bridgehead atoms. The maximum absolute atomic E-state index is 12.2. The minimum atomic E-state index is -0.257. The van der Waals surface area contributed by atoms with Crippen molar-refractivity contribution in [3.05, 3.63) is 57.4 Å². The Morgan fingerprint density at radius 3 is 2.50 bits per heavy atom. The number of hydrogen-bond acceptors (Lipinski definition) is 3. The number of pyridine rings is 1. The topological polar surface area (TPSA) is 62.3 Å². The number of aryl methyl sites for hydroxylation is 1. The van der Waals surface area contributed by atoms with E-state index in [1.165, 1.54) is 0 Å². The van der Waals surface area contributed by atoms with Gasteiger partial charge in [-0.1, -0.05) is 44.2 Å². The van der Waals surface area contributed by atoms with Gasteiger partial charge in [0.05, 0.1) is 5.56 Å². The molecule has 0 aliphatic heterocycles. The van der Waals surface area contributed by atoms with Gasteiger partial charge in [-0.25, -0.2) is 0 Å². The van der Waals surface area contributed by atoms with Crippen LogP contribution in [0.5, 0.6) is 0 Å². The average Bonchev–Trinajstić information content (AvgIpc) is 2.45. The summed E-state index contributed by atoms with van der Waals surface area (Å²) in [6.07, 6.45) is 1.70. The molecule has 0 fully saturated rings. The van der Waals surface area contributed by atoms with Crippen molar-refractivity contribution in [1.82, 2.24) is 4.98 Å². The van der Waals surface area contributed by atoms with Crippen LogP contribution >= 0.6 is 0 Å². The minimum Gasteiger partial charge on any atom is -0.326 e. The van der Waals surface area contributed by atoms with Gasteiger partial charge in [-0.05, 0) is 35.6 Å². The van der Waals surface area contributed by atoms with Gasteiger partial charge in [-0.2, -0.15) is 0 Å². The fourth-order valence-corrected chi connectivity index (χ4v) is 2.13. The first-order chi connectivity index (χ1) is 9.61. The molecule has 0 atom stereocenters. The van der Waals surface area contributed by atoms with E-state index in [0.717, 1.165) is 18.5 Å². The molecule has 0 radical (unpaired) electrons. The second-order valence-corrected chi connectivity index (χ2v) is 5.27. The molecule has 0 spiro atoms. The maximum Gasteiger partial charge on any atom is 0.258 e. The molecule has 0 aliphatic rings. The molecule has 0 aliphatic carbocycles. The Labute approximate surface area is 117 Å². The molecule has 1 N–H and O–H groups in total. The summed E-state index contributed by atoms with van der Waals surface area (Å²) >= 11 is 0. The largest absolute Gasteiger partial charge is 0.326 e. The van der Waals surface area contributed by atoms with Gasteiger partial charge in [-0.3, -0.25) is 4.79 Å². The maximum atomic E-state index is 12.2. The molecule has 0 amide bonds. The van der Waals surface area contributed by atoms with Crippen molar-refractivity contribution >= 4 is 5.69 Å². The molecule has 1 heterocycles. The highest BCUT2D eigenvalue weighted by atomic mass is 16.3. The van der Waals surface area contributed by atoms with Crippen molar-refractivity contribution in [3.63, 3.8) is 0 Å². The van der Waals surface area contributed by atoms with E-state index in [2.05, 4.69) is 24.0 Å². The van der Waals surface area contributed by atoms with Crippen LogP contribution in [-0.4, -0.2) is 4.98 Å². The lowest BCUT2D eigenvalue weighted by Gasteiger charge is -2.08. The van der Waals surface area contributed by atoms with Crippen LogP contribution in [0.4, 0.5) is 5.69 Å². The number of hydrogen-bond donors (Lipinski definition) is 1. The fourth-order valence-electron chi connectivity index (χ4n) is 2.13. The number of aromatic amines is 1. The van der Waals surface area contributed by atoms with E-state index < -0.39 is 0 Å². The van der Waals surface area contributed by atoms with E-state index in [1.54, 1.807) is 18.2 Å². The molecule has 1 aromatic carbocycles. The molecule has 104 valence electrons. The predicted octanol–water partition coefficient (Wildman–Crippen LogP) is 4.03. The van der Waals surface area contributed by atoms with E-state index in [1.807, 2.05) is 18.2 Å². The van der Waals surface area contributed by atoms with E-state index in [-0.39, 0.29) is 11.2 Å². The molecule has 2 aromatic rings. The Morgan fingerprint density at radius 2 is 1.90 bits per heavy atom. The van der Waals surface area contributed by atoms with Crippen LogP contribution in [-0.2, 0) is 6.42 Å². The number of rotatable bonds is 5. The lowest BCUT2D eigenvalue weighted by Crippen LogP contribution is -2.12. The Balaban J connectivity index is 2.44. The van der Waals surface area contributed by atoms with Crippen molar-refractivity contribution in [2.24, 2.45) is 11.1 Å². The van der Waals surface area contributed by atoms with Gasteiger partial charge in [0, 0.05) is 5.69 Å². The molecule has 2 rings (SSSR count). The molecule has 0 saturated heterocycles. The number of H-pyrrole nitrogens is 1. The zero-order valence-corrected chi connectivity index (χ0v) is 11.7. The lowest BCUT2D eigenvalue weighted by atomic mass is 10.0. The van der Waals surface area contributed by atoms with E-state index in [4.69, 9.17) is 0 Å². The van der Waals surface area contributed by atoms with E-state index in [9.17, 15) is 9.70 Å². The zero-order valence-electron chi connectivity index (χ0n) is 11.7. The van der Waals surface area contributed by atoms with Gasteiger partial charge >= 0.3 is 0 Å². The van der Waals surface area contributed by atoms with E-state index in [0.29, 0.717) is 17.0 Å². The molecular weight excluding hydrogens is 252 g/mol. The smallest absolute Gasteiger partial charge is 0.258 e. The molecule has 4 nitrogen and oxygen atoms in total. The predicted molar refractivity (Wildman–Crippen MR) is 81.1 cm³/mol. The summed E-state index contributed by atoms with van der Waals surface area (Å²) < 4.78 is 0. The van der Waals surface area contributed by atoms with Gasteiger partial charge in [0.1, 0.15) is 5.69 Å². The summed E-state index contributed by atoms with van der Waals surface area (Å²) in [5.41, 5.74) is 1.76. The quantitative estimate of drug-likeness (QED) is 0.834. The normalized spacial score (nSPS) is 10.8. The van der Waals surface area contributed by atoms with Crippen molar-refractivity contribution in [1.29, 1.82) is 0 Å². The van der Waals surface area contributed by atoms with Crippen LogP contribution in [0.1, 0.15) is 26.0 Å². The molecule has 1 aromatic heterocycles. The lowest BCUT2D eigenvalue weighted by molar-refractivity contribution is 0.581. The van der Waals surface area contributed by atoms with Crippen molar-refractivity contribution in [2.75, 3.05) is 0 Å². The van der Waals surface area contributed by atoms with Crippen molar-refractivity contribution in [2.45, 2.75) is 26.7 Å². The minimum absolute atomic E-state index is 0.207. The van der Waals surface area contributed by atoms with Gasteiger partial charge in [0.2, 0.25) is 0 Å². The standard InChI is InChI=1S/C16H18N2O2/c1-11(2)8-9-13-10-14(18-20)15(16(19)17-13)12-6-4-3-5-7-12/h3-7,10-11H,8-9H2,1-2H3,(H,17,19). The molecule has 0 unspecified atom stereocenters. The third-order valence-corrected chi connectivity index (χ3v) is 3.22. The average molecular weight is 270 g/mol. The summed E-state index contributed by atoms with van der Waals surface area (Å²) in [5.74, 6) is 0.542. The Kier molecular flexibility index (Phi) is 4.45. The Hall–Kier alpha value is -2.23. The van der Waals surface area contributed by atoms with Crippen LogP contribution in [0.3, 0.4) is 0 Å². The zero-order chi connectivity index (χ0) is 14.5. The summed E-state index contributed by atoms with van der Waals surface area (Å²) in [4.78, 5) is 26.1. The molecule has 4 heteroatoms. The number of aromatic nitrogens is 1. The van der Waals surface area contributed by atoms with Gasteiger partial charge in [-0.15, -0.1) is 4.91 Å². The SMILES string of the molecule is CC(C)CCc1cc(N=O)c(-c2ccccc2)c(=O)[nH]1. The van der Waals surface area contributed by atoms with Gasteiger partial charge < -0.3 is 4.98 Å². The first-order valence-electron chi connectivity index (χ1n) is 6.76. The number of benzene rings is 1. The van der Waals surface area contributed by atoms with Crippen molar-refractivity contribution in [3.8, 4) is 11.1 Å². The van der Waals surface area contributed by atoms with Crippen LogP contribution in [0.15, 0.2) is 46.4 Å². The highest BCUT2D eigenvalue weighted by Crippen LogP contribution is 2.27. The molecule has 0 saturated carbocycles. The summed E-state index contributed by atoms with van der Waals surface area (Å²) in [7, 11) is 0. The van der Waals surface area contributed by atoms with E-state index >= 15 is 0 Å². The first kappa shape index (κ1) is 14.2. The monoisotopic (exact) mass is 270 g/mol. The second kappa shape index (κ2) is 6.28. The molecule has 20 heavy (non-hydrogen) atoms. The first-order valence-corrected chi connectivity index (χ1v) is 6.76. The summed E-state index contributed by atoms with van der Waals surface area (Å²) in [6, 6.07) is 10.8.